The minimum Gasteiger partial charge on any atom is -0.453 e. The maximum Gasteiger partial charge on any atom is 0.407 e. The molecular formula is C31H37FN4O5. The van der Waals surface area contributed by atoms with Gasteiger partial charge in [0, 0.05) is 43.4 Å². The fourth-order valence-electron chi connectivity index (χ4n) is 5.32. The van der Waals surface area contributed by atoms with Crippen LogP contribution in [-0.4, -0.2) is 59.2 Å². The van der Waals surface area contributed by atoms with E-state index >= 15 is 0 Å². The van der Waals surface area contributed by atoms with Gasteiger partial charge in [-0.05, 0) is 67.5 Å². The van der Waals surface area contributed by atoms with E-state index in [4.69, 9.17) is 4.99 Å². The topological polar surface area (TPSA) is 110 Å². The summed E-state index contributed by atoms with van der Waals surface area (Å²) in [7, 11) is 1.21. The average molecular weight is 565 g/mol. The number of likely N-dealkylation sites (tertiary alicyclic amines) is 1. The number of carbonyl (C=O) groups excluding carboxylic acids is 3. The van der Waals surface area contributed by atoms with Crippen LogP contribution in [0, 0.1) is 5.82 Å². The molecule has 3 heterocycles. The molecule has 41 heavy (non-hydrogen) atoms. The van der Waals surface area contributed by atoms with E-state index in [-0.39, 0.29) is 42.5 Å². The molecule has 1 saturated heterocycles. The molecular weight excluding hydrogens is 527 g/mol. The Morgan fingerprint density at radius 2 is 1.98 bits per heavy atom. The Morgan fingerprint density at radius 1 is 1.20 bits per heavy atom. The van der Waals surface area contributed by atoms with Crippen LogP contribution < -0.4 is 10.9 Å². The number of hydrogen-bond acceptors (Lipinski definition) is 6. The van der Waals surface area contributed by atoms with Crippen LogP contribution in [0.15, 0.2) is 52.4 Å². The number of halogens is 1. The lowest BCUT2D eigenvalue weighted by Gasteiger charge is -2.17. The van der Waals surface area contributed by atoms with Crippen molar-refractivity contribution in [3.63, 3.8) is 0 Å². The number of allylic oxidation sites excluding steroid dienone is 1. The van der Waals surface area contributed by atoms with Gasteiger partial charge in [-0.1, -0.05) is 25.5 Å². The number of methoxy groups -OCH3 is 1. The van der Waals surface area contributed by atoms with Crippen LogP contribution in [0.4, 0.5) is 14.9 Å². The summed E-state index contributed by atoms with van der Waals surface area (Å²) in [5, 5.41) is 2.55. The van der Waals surface area contributed by atoms with Crippen LogP contribution in [0.3, 0.4) is 0 Å². The number of amides is 2. The zero-order valence-electron chi connectivity index (χ0n) is 23.7. The van der Waals surface area contributed by atoms with Gasteiger partial charge in [-0.2, -0.15) is 0 Å². The molecule has 0 spiro atoms. The number of aromatic nitrogens is 1. The number of alkyl carbamates (subject to hydrolysis) is 1. The van der Waals surface area contributed by atoms with Gasteiger partial charge < -0.3 is 19.5 Å². The van der Waals surface area contributed by atoms with E-state index in [0.717, 1.165) is 61.3 Å². The summed E-state index contributed by atoms with van der Waals surface area (Å²) in [4.78, 5) is 57.1. The van der Waals surface area contributed by atoms with Gasteiger partial charge in [0.15, 0.2) is 5.78 Å². The summed E-state index contributed by atoms with van der Waals surface area (Å²) in [5.74, 6) is -0.683. The normalized spacial score (nSPS) is 15.1. The molecule has 1 aromatic heterocycles. The SMILES string of the molecule is CCCc1cc(F)cc2c1N=C(Cn1cccc(CC(=O)[C@H](CC/C=C/C(=O)N3CCCC3)NC(=O)OC)c1=O)C2. The lowest BCUT2D eigenvalue weighted by atomic mass is 10.0. The number of rotatable bonds is 12. The van der Waals surface area contributed by atoms with Gasteiger partial charge >= 0.3 is 6.09 Å². The second-order valence-corrected chi connectivity index (χ2v) is 10.5. The van der Waals surface area contributed by atoms with E-state index in [2.05, 4.69) is 10.1 Å². The predicted octanol–water partition coefficient (Wildman–Crippen LogP) is 4.06. The number of nitrogens with one attached hydrogen (secondary N) is 1. The maximum absolute atomic E-state index is 14.1. The highest BCUT2D eigenvalue weighted by Gasteiger charge is 2.23. The van der Waals surface area contributed by atoms with Crippen molar-refractivity contribution in [3.05, 3.63) is 75.5 Å². The molecule has 2 aliphatic rings. The Kier molecular flexibility index (Phi) is 10.2. The predicted molar refractivity (Wildman–Crippen MR) is 154 cm³/mol. The van der Waals surface area contributed by atoms with Crippen LogP contribution in [0.1, 0.15) is 55.7 Å². The molecule has 1 aromatic carbocycles. The molecule has 0 bridgehead atoms. The molecule has 9 nitrogen and oxygen atoms in total. The van der Waals surface area contributed by atoms with Crippen molar-refractivity contribution >= 4 is 29.2 Å². The van der Waals surface area contributed by atoms with E-state index in [1.807, 2.05) is 6.92 Å². The number of pyridine rings is 1. The fourth-order valence-corrected chi connectivity index (χ4v) is 5.32. The van der Waals surface area contributed by atoms with Gasteiger partial charge in [-0.15, -0.1) is 0 Å². The third-order valence-electron chi connectivity index (χ3n) is 7.40. The molecule has 2 aliphatic heterocycles. The van der Waals surface area contributed by atoms with Crippen molar-refractivity contribution in [2.75, 3.05) is 20.2 Å². The van der Waals surface area contributed by atoms with Crippen LogP contribution in [0.5, 0.6) is 0 Å². The summed E-state index contributed by atoms with van der Waals surface area (Å²) in [5.41, 5.74) is 3.18. The number of aryl methyl sites for hydroxylation is 1. The second kappa shape index (κ2) is 14.0. The highest BCUT2D eigenvalue weighted by molar-refractivity contribution is 5.94. The first kappa shape index (κ1) is 29.9. The monoisotopic (exact) mass is 564 g/mol. The Bertz CT molecular complexity index is 1410. The Hall–Kier alpha value is -4.08. The van der Waals surface area contributed by atoms with Crippen molar-refractivity contribution < 1.29 is 23.5 Å². The van der Waals surface area contributed by atoms with E-state index < -0.39 is 12.1 Å². The molecule has 1 fully saturated rings. The molecule has 0 unspecified atom stereocenters. The summed E-state index contributed by atoms with van der Waals surface area (Å²) >= 11 is 0. The minimum absolute atomic E-state index is 0.0576. The highest BCUT2D eigenvalue weighted by Crippen LogP contribution is 2.33. The third kappa shape index (κ3) is 7.77. The molecule has 2 amide bonds. The molecule has 1 atom stereocenters. The number of fused-ring (bicyclic) bond motifs is 1. The minimum atomic E-state index is -0.886. The van der Waals surface area contributed by atoms with Crippen molar-refractivity contribution in [3.8, 4) is 0 Å². The fraction of sp³-hybridized carbons (Fsp3) is 0.452. The second-order valence-electron chi connectivity index (χ2n) is 10.5. The molecule has 0 radical (unpaired) electrons. The first-order valence-corrected chi connectivity index (χ1v) is 14.2. The van der Waals surface area contributed by atoms with Crippen molar-refractivity contribution in [2.24, 2.45) is 4.99 Å². The van der Waals surface area contributed by atoms with Gasteiger partial charge in [0.2, 0.25) is 5.91 Å². The first-order valence-electron chi connectivity index (χ1n) is 14.2. The standard InChI is InChI=1S/C31H37FN4O5/c1-3-9-21-16-24(32)17-23-18-25(33-29(21)23)20-36-15-8-10-22(30(36)39)19-27(37)26(34-31(40)41-2)11-4-5-12-28(38)35-13-6-7-14-35/h5,8,10,12,15-17,26H,3-4,6-7,9,11,13-14,18-20H2,1-2H3,(H,34,40)/b12-5+/t26-/m0/s1. The molecule has 1 N–H and O–H groups in total. The van der Waals surface area contributed by atoms with E-state index in [1.165, 1.54) is 29.9 Å². The molecule has 0 aliphatic carbocycles. The number of Topliss-reactive ketones (excluding diaryl/α,β-unsaturated/α-hetero) is 1. The van der Waals surface area contributed by atoms with E-state index in [1.54, 1.807) is 29.3 Å². The molecule has 10 heteroatoms. The van der Waals surface area contributed by atoms with Crippen molar-refractivity contribution in [1.29, 1.82) is 0 Å². The summed E-state index contributed by atoms with van der Waals surface area (Å²) < 4.78 is 20.3. The molecule has 4 rings (SSSR count). The van der Waals surface area contributed by atoms with Crippen LogP contribution in [-0.2, 0) is 40.1 Å². The number of aliphatic imine (C=N–C) groups is 1. The van der Waals surface area contributed by atoms with E-state index in [9.17, 15) is 23.6 Å². The third-order valence-corrected chi connectivity index (χ3v) is 7.40. The van der Waals surface area contributed by atoms with E-state index in [0.29, 0.717) is 18.4 Å². The Labute approximate surface area is 239 Å². The highest BCUT2D eigenvalue weighted by atomic mass is 19.1. The molecule has 0 saturated carbocycles. The maximum atomic E-state index is 14.1. The Morgan fingerprint density at radius 3 is 2.71 bits per heavy atom. The first-order chi connectivity index (χ1) is 19.8. The smallest absolute Gasteiger partial charge is 0.407 e. The number of nitrogens with zero attached hydrogens (tertiary/aromatic N) is 3. The zero-order valence-corrected chi connectivity index (χ0v) is 23.7. The van der Waals surface area contributed by atoms with Crippen LogP contribution in [0.25, 0.3) is 0 Å². The number of benzene rings is 1. The Balaban J connectivity index is 1.42. The molecule has 218 valence electrons. The number of ether oxygens (including phenoxy) is 1. The van der Waals surface area contributed by atoms with Crippen LogP contribution >= 0.6 is 0 Å². The zero-order chi connectivity index (χ0) is 29.4. The number of ketones is 1. The van der Waals surface area contributed by atoms with Gasteiger partial charge in [0.05, 0.1) is 25.4 Å². The largest absolute Gasteiger partial charge is 0.453 e. The van der Waals surface area contributed by atoms with Gasteiger partial charge in [-0.3, -0.25) is 19.4 Å². The van der Waals surface area contributed by atoms with Crippen molar-refractivity contribution in [1.82, 2.24) is 14.8 Å². The number of carbonyl (C=O) groups is 3. The van der Waals surface area contributed by atoms with Crippen molar-refractivity contribution in [2.45, 2.75) is 70.9 Å². The van der Waals surface area contributed by atoms with Gasteiger partial charge in [0.1, 0.15) is 5.82 Å². The summed E-state index contributed by atoms with van der Waals surface area (Å²) in [6.07, 6.45) is 8.62. The summed E-state index contributed by atoms with van der Waals surface area (Å²) in [6, 6.07) is 5.43. The van der Waals surface area contributed by atoms with Gasteiger partial charge in [0.25, 0.3) is 5.56 Å². The lowest BCUT2D eigenvalue weighted by molar-refractivity contribution is -0.125. The van der Waals surface area contributed by atoms with Gasteiger partial charge in [-0.25, -0.2) is 9.18 Å². The molecule has 2 aromatic rings. The lowest BCUT2D eigenvalue weighted by Crippen LogP contribution is -2.42. The average Bonchev–Trinajstić information content (AvgIpc) is 3.63. The van der Waals surface area contributed by atoms with Crippen LogP contribution in [0.2, 0.25) is 0 Å². The quantitative estimate of drug-likeness (QED) is 0.391. The summed E-state index contributed by atoms with van der Waals surface area (Å²) in [6.45, 7) is 3.76. The number of hydrogen-bond donors (Lipinski definition) is 1.